The van der Waals surface area contributed by atoms with Crippen molar-refractivity contribution in [3.63, 3.8) is 0 Å². The van der Waals surface area contributed by atoms with Crippen molar-refractivity contribution in [3.05, 3.63) is 108 Å². The fourth-order valence-corrected chi connectivity index (χ4v) is 3.99. The maximum atomic E-state index is 9.53. The summed E-state index contributed by atoms with van der Waals surface area (Å²) in [4.78, 5) is 0. The Morgan fingerprint density at radius 3 is 1.19 bits per heavy atom. The molecule has 3 aromatic carbocycles. The van der Waals surface area contributed by atoms with E-state index in [1.807, 2.05) is 0 Å². The van der Waals surface area contributed by atoms with E-state index in [2.05, 4.69) is 91.0 Å². The van der Waals surface area contributed by atoms with E-state index in [1.165, 1.54) is 16.7 Å². The quantitative estimate of drug-likeness (QED) is 0.545. The minimum atomic E-state index is 0.104. The van der Waals surface area contributed by atoms with Crippen molar-refractivity contribution in [1.29, 1.82) is 0 Å². The molecule has 0 aromatic heterocycles. The largest absolute Gasteiger partial charge is 0.396 e. The molecule has 26 heavy (non-hydrogen) atoms. The van der Waals surface area contributed by atoms with E-state index in [1.54, 1.807) is 0 Å². The van der Waals surface area contributed by atoms with E-state index < -0.39 is 0 Å². The Balaban J connectivity index is 1.94. The number of aliphatic hydroxyl groups is 1. The highest BCUT2D eigenvalue weighted by Crippen LogP contribution is 2.36. The van der Waals surface area contributed by atoms with Crippen LogP contribution in [0.25, 0.3) is 0 Å². The third kappa shape index (κ3) is 5.31. The van der Waals surface area contributed by atoms with E-state index in [-0.39, 0.29) is 12.0 Å². The second kappa shape index (κ2) is 9.35. The summed E-state index contributed by atoms with van der Waals surface area (Å²) in [5.74, 6) is 0. The highest BCUT2D eigenvalue weighted by Gasteiger charge is 2.30. The predicted octanol–water partition coefficient (Wildman–Crippen LogP) is 5.47. The molecule has 0 bridgehead atoms. The van der Waals surface area contributed by atoms with Crippen LogP contribution < -0.4 is 0 Å². The maximum absolute atomic E-state index is 9.53. The molecule has 0 saturated heterocycles. The zero-order valence-electron chi connectivity index (χ0n) is 15.4. The molecule has 0 unspecified atom stereocenters. The first-order valence-corrected chi connectivity index (χ1v) is 9.52. The normalized spacial score (nSPS) is 11.4. The highest BCUT2D eigenvalue weighted by molar-refractivity contribution is 5.24. The van der Waals surface area contributed by atoms with Crippen molar-refractivity contribution in [1.82, 2.24) is 0 Å². The summed E-state index contributed by atoms with van der Waals surface area (Å²) in [7, 11) is 0. The first-order valence-electron chi connectivity index (χ1n) is 9.52. The van der Waals surface area contributed by atoms with E-state index in [4.69, 9.17) is 0 Å². The second-order valence-electron chi connectivity index (χ2n) is 7.31. The molecule has 134 valence electrons. The summed E-state index contributed by atoms with van der Waals surface area (Å²) in [6.07, 6.45) is 4.93. The van der Waals surface area contributed by atoms with Crippen LogP contribution >= 0.6 is 0 Å². The van der Waals surface area contributed by atoms with Crippen LogP contribution in [0.2, 0.25) is 0 Å². The molecule has 0 aliphatic rings. The van der Waals surface area contributed by atoms with Crippen LogP contribution in [0.5, 0.6) is 0 Å². The van der Waals surface area contributed by atoms with Crippen molar-refractivity contribution in [2.75, 3.05) is 6.61 Å². The zero-order chi connectivity index (χ0) is 18.1. The fourth-order valence-electron chi connectivity index (χ4n) is 3.99. The first-order chi connectivity index (χ1) is 12.8. The minimum Gasteiger partial charge on any atom is -0.396 e. The number of rotatable bonds is 9. The first kappa shape index (κ1) is 18.4. The van der Waals surface area contributed by atoms with E-state index >= 15 is 0 Å². The molecule has 0 fully saturated rings. The van der Waals surface area contributed by atoms with Gasteiger partial charge >= 0.3 is 0 Å². The van der Waals surface area contributed by atoms with Gasteiger partial charge in [-0.3, -0.25) is 0 Å². The average molecular weight is 344 g/mol. The Morgan fingerprint density at radius 2 is 0.885 bits per heavy atom. The van der Waals surface area contributed by atoms with E-state index in [0.29, 0.717) is 0 Å². The molecule has 0 aliphatic heterocycles. The van der Waals surface area contributed by atoms with Gasteiger partial charge in [0.05, 0.1) is 0 Å². The summed E-state index contributed by atoms with van der Waals surface area (Å²) in [5, 5.41) is 9.53. The van der Waals surface area contributed by atoms with Gasteiger partial charge in [0.2, 0.25) is 0 Å². The lowest BCUT2D eigenvalue weighted by molar-refractivity contribution is 0.206. The Hall–Kier alpha value is -2.38. The summed E-state index contributed by atoms with van der Waals surface area (Å²) < 4.78 is 0. The number of aliphatic hydroxyl groups excluding tert-OH is 1. The van der Waals surface area contributed by atoms with Crippen LogP contribution in [0.4, 0.5) is 0 Å². The summed E-state index contributed by atoms with van der Waals surface area (Å²) >= 11 is 0. The predicted molar refractivity (Wildman–Crippen MR) is 109 cm³/mol. The van der Waals surface area contributed by atoms with Gasteiger partial charge in [0.15, 0.2) is 0 Å². The van der Waals surface area contributed by atoms with Gasteiger partial charge < -0.3 is 5.11 Å². The molecular weight excluding hydrogens is 316 g/mol. The van der Waals surface area contributed by atoms with Crippen LogP contribution in [0, 0.1) is 5.41 Å². The van der Waals surface area contributed by atoms with Crippen molar-refractivity contribution >= 4 is 0 Å². The van der Waals surface area contributed by atoms with Crippen molar-refractivity contribution in [2.45, 2.75) is 32.1 Å². The molecule has 1 heteroatoms. The Kier molecular flexibility index (Phi) is 6.62. The molecular formula is C25H28O. The third-order valence-corrected chi connectivity index (χ3v) is 5.13. The SMILES string of the molecule is OCCCC(Cc1ccccc1)(Cc1ccccc1)Cc1ccccc1. The molecule has 1 nitrogen and oxygen atoms in total. The minimum absolute atomic E-state index is 0.104. The van der Waals surface area contributed by atoms with Crippen LogP contribution in [0.3, 0.4) is 0 Å². The van der Waals surface area contributed by atoms with Gasteiger partial charge in [-0.05, 0) is 54.2 Å². The fraction of sp³-hybridized carbons (Fsp3) is 0.280. The van der Waals surface area contributed by atoms with Gasteiger partial charge in [0.1, 0.15) is 0 Å². The summed E-state index contributed by atoms with van der Waals surface area (Å²) in [6.45, 7) is 0.250. The number of hydrogen-bond acceptors (Lipinski definition) is 1. The van der Waals surface area contributed by atoms with Gasteiger partial charge in [0, 0.05) is 6.61 Å². The van der Waals surface area contributed by atoms with E-state index in [9.17, 15) is 5.11 Å². The van der Waals surface area contributed by atoms with Crippen molar-refractivity contribution in [3.8, 4) is 0 Å². The zero-order valence-corrected chi connectivity index (χ0v) is 15.4. The smallest absolute Gasteiger partial charge is 0.0431 e. The standard InChI is InChI=1S/C25H28O/c26-18-10-17-25(19-22-11-4-1-5-12-22,20-23-13-6-2-7-14-23)21-24-15-8-3-9-16-24/h1-9,11-16,26H,10,17-21H2. The number of hydrogen-bond donors (Lipinski definition) is 1. The van der Waals surface area contributed by atoms with Crippen LogP contribution in [0.15, 0.2) is 91.0 Å². The molecule has 0 spiro atoms. The van der Waals surface area contributed by atoms with Crippen molar-refractivity contribution < 1.29 is 5.11 Å². The third-order valence-electron chi connectivity index (χ3n) is 5.13. The lowest BCUT2D eigenvalue weighted by Crippen LogP contribution is -2.30. The highest BCUT2D eigenvalue weighted by atomic mass is 16.2. The monoisotopic (exact) mass is 344 g/mol. The number of benzene rings is 3. The molecule has 3 aromatic rings. The summed E-state index contributed by atoms with van der Waals surface area (Å²) in [6, 6.07) is 32.3. The lowest BCUT2D eigenvalue weighted by Gasteiger charge is -2.35. The molecule has 0 aliphatic carbocycles. The van der Waals surface area contributed by atoms with Gasteiger partial charge in [-0.15, -0.1) is 0 Å². The molecule has 0 radical (unpaired) electrons. The molecule has 0 saturated carbocycles. The molecule has 0 heterocycles. The van der Waals surface area contributed by atoms with Gasteiger partial charge in [-0.2, -0.15) is 0 Å². The molecule has 3 rings (SSSR count). The average Bonchev–Trinajstić information content (AvgIpc) is 2.69. The molecule has 1 N–H and O–H groups in total. The second-order valence-corrected chi connectivity index (χ2v) is 7.31. The molecule has 0 amide bonds. The van der Waals surface area contributed by atoms with Gasteiger partial charge in [0.25, 0.3) is 0 Å². The van der Waals surface area contributed by atoms with Crippen LogP contribution in [-0.2, 0) is 19.3 Å². The van der Waals surface area contributed by atoms with E-state index in [0.717, 1.165) is 32.1 Å². The van der Waals surface area contributed by atoms with Crippen molar-refractivity contribution in [2.24, 2.45) is 5.41 Å². The molecule has 0 atom stereocenters. The van der Waals surface area contributed by atoms with Crippen LogP contribution in [-0.4, -0.2) is 11.7 Å². The Morgan fingerprint density at radius 1 is 0.538 bits per heavy atom. The maximum Gasteiger partial charge on any atom is 0.0431 e. The van der Waals surface area contributed by atoms with Crippen LogP contribution in [0.1, 0.15) is 29.5 Å². The Bertz CT molecular complexity index is 649. The van der Waals surface area contributed by atoms with Gasteiger partial charge in [-0.25, -0.2) is 0 Å². The Labute approximate surface area is 157 Å². The topological polar surface area (TPSA) is 20.2 Å². The summed E-state index contributed by atoms with van der Waals surface area (Å²) in [5.41, 5.74) is 4.22. The van der Waals surface area contributed by atoms with Gasteiger partial charge in [-0.1, -0.05) is 91.0 Å². The lowest BCUT2D eigenvalue weighted by atomic mass is 9.69.